The Balaban J connectivity index is 1.42. The summed E-state index contributed by atoms with van der Waals surface area (Å²) in [7, 11) is 0. The van der Waals surface area contributed by atoms with Crippen LogP contribution in [-0.4, -0.2) is 18.7 Å². The van der Waals surface area contributed by atoms with Crippen LogP contribution in [-0.2, 0) is 11.3 Å². The number of nitrogens with one attached hydrogen (secondary N) is 1. The van der Waals surface area contributed by atoms with Gasteiger partial charge in [-0.15, -0.1) is 0 Å². The molecule has 8 nitrogen and oxygen atoms in total. The largest absolute Gasteiger partial charge is 0.457 e. The third-order valence-electron chi connectivity index (χ3n) is 4.36. The average Bonchev–Trinajstić information content (AvgIpc) is 3.48. The lowest BCUT2D eigenvalue weighted by molar-refractivity contribution is -0.117. The van der Waals surface area contributed by atoms with Crippen LogP contribution < -0.4 is 19.5 Å². The van der Waals surface area contributed by atoms with Gasteiger partial charge in [0.25, 0.3) is 5.91 Å². The van der Waals surface area contributed by atoms with Crippen molar-refractivity contribution in [3.8, 4) is 23.3 Å². The van der Waals surface area contributed by atoms with Crippen LogP contribution in [0, 0.1) is 11.3 Å². The number of amides is 1. The molecule has 1 aliphatic heterocycles. The standard InChI is InChI=1S/C23H16N2O6/c24-12-17(22(26)25-13-16-6-7-19-21(11-16)30-14-29-19)9-15-3-1-4-18(10-15)31-23(27)20-5-2-8-28-20/h1-11H,13-14H2,(H,25,26). The summed E-state index contributed by atoms with van der Waals surface area (Å²) in [6.07, 6.45) is 2.79. The molecule has 2 aromatic carbocycles. The van der Waals surface area contributed by atoms with E-state index in [0.717, 1.165) is 5.56 Å². The first-order valence-corrected chi connectivity index (χ1v) is 9.26. The zero-order valence-electron chi connectivity index (χ0n) is 16.2. The van der Waals surface area contributed by atoms with E-state index in [-0.39, 0.29) is 30.4 Å². The Morgan fingerprint density at radius 1 is 1.10 bits per heavy atom. The smallest absolute Gasteiger partial charge is 0.379 e. The maximum Gasteiger partial charge on any atom is 0.379 e. The molecule has 2 heterocycles. The minimum atomic E-state index is -0.645. The fourth-order valence-corrected chi connectivity index (χ4v) is 2.86. The second-order valence-electron chi connectivity index (χ2n) is 6.48. The Labute approximate surface area is 177 Å². The van der Waals surface area contributed by atoms with E-state index in [1.54, 1.807) is 48.5 Å². The summed E-state index contributed by atoms with van der Waals surface area (Å²) in [4.78, 5) is 24.4. The molecule has 1 aromatic heterocycles. The van der Waals surface area contributed by atoms with Crippen molar-refractivity contribution >= 4 is 18.0 Å². The van der Waals surface area contributed by atoms with Gasteiger partial charge in [0.2, 0.25) is 12.6 Å². The summed E-state index contributed by atoms with van der Waals surface area (Å²) in [6.45, 7) is 0.387. The molecule has 1 N–H and O–H groups in total. The first-order chi connectivity index (χ1) is 15.1. The normalized spacial score (nSPS) is 12.2. The number of ether oxygens (including phenoxy) is 3. The van der Waals surface area contributed by atoms with Gasteiger partial charge in [-0.25, -0.2) is 4.79 Å². The molecule has 0 fully saturated rings. The van der Waals surface area contributed by atoms with Gasteiger partial charge in [0.1, 0.15) is 17.4 Å². The number of benzene rings is 2. The predicted molar refractivity (Wildman–Crippen MR) is 108 cm³/mol. The molecule has 0 unspecified atom stereocenters. The van der Waals surface area contributed by atoms with E-state index in [9.17, 15) is 14.9 Å². The lowest BCUT2D eigenvalue weighted by Crippen LogP contribution is -2.23. The molecule has 3 aromatic rings. The van der Waals surface area contributed by atoms with Gasteiger partial charge in [-0.3, -0.25) is 4.79 Å². The number of fused-ring (bicyclic) bond motifs is 1. The number of nitrogens with zero attached hydrogens (tertiary/aromatic N) is 1. The summed E-state index contributed by atoms with van der Waals surface area (Å²) in [6, 6.07) is 16.8. The number of esters is 1. The van der Waals surface area contributed by atoms with E-state index >= 15 is 0 Å². The van der Waals surface area contributed by atoms with Crippen molar-refractivity contribution in [3.63, 3.8) is 0 Å². The predicted octanol–water partition coefficient (Wildman–Crippen LogP) is 3.45. The summed E-state index contributed by atoms with van der Waals surface area (Å²) >= 11 is 0. The minimum Gasteiger partial charge on any atom is -0.457 e. The lowest BCUT2D eigenvalue weighted by atomic mass is 10.1. The Hall–Kier alpha value is -4.51. The second-order valence-corrected chi connectivity index (χ2v) is 6.48. The molecule has 8 heteroatoms. The summed E-state index contributed by atoms with van der Waals surface area (Å²) in [5.74, 6) is 0.421. The minimum absolute atomic E-state index is 0.0709. The number of furan rings is 1. The van der Waals surface area contributed by atoms with E-state index in [1.165, 1.54) is 18.4 Å². The van der Waals surface area contributed by atoms with E-state index < -0.39 is 11.9 Å². The van der Waals surface area contributed by atoms with Crippen LogP contribution >= 0.6 is 0 Å². The first kappa shape index (κ1) is 19.8. The topological polar surface area (TPSA) is 111 Å². The van der Waals surface area contributed by atoms with E-state index in [2.05, 4.69) is 5.32 Å². The second kappa shape index (κ2) is 8.88. The fourth-order valence-electron chi connectivity index (χ4n) is 2.86. The van der Waals surface area contributed by atoms with Gasteiger partial charge in [0, 0.05) is 6.54 Å². The SMILES string of the molecule is N#CC(=Cc1cccc(OC(=O)c2ccco2)c1)C(=O)NCc1ccc2c(c1)OCO2. The summed E-state index contributed by atoms with van der Waals surface area (Å²) < 4.78 is 20.8. The highest BCUT2D eigenvalue weighted by Gasteiger charge is 2.15. The van der Waals surface area contributed by atoms with Crippen molar-refractivity contribution in [2.75, 3.05) is 6.79 Å². The quantitative estimate of drug-likeness (QED) is 0.284. The monoisotopic (exact) mass is 416 g/mol. The molecule has 1 amide bonds. The molecular weight excluding hydrogens is 400 g/mol. The number of hydrogen-bond acceptors (Lipinski definition) is 7. The van der Waals surface area contributed by atoms with Crippen LogP contribution in [0.25, 0.3) is 6.08 Å². The number of carbonyl (C=O) groups excluding carboxylic acids is 2. The molecule has 0 atom stereocenters. The molecule has 154 valence electrons. The lowest BCUT2D eigenvalue weighted by Gasteiger charge is -2.06. The molecule has 4 rings (SSSR count). The molecule has 0 saturated carbocycles. The van der Waals surface area contributed by atoms with Crippen LogP contribution in [0.15, 0.2) is 70.9 Å². The average molecular weight is 416 g/mol. The van der Waals surface area contributed by atoms with Crippen molar-refractivity contribution in [1.82, 2.24) is 5.32 Å². The van der Waals surface area contributed by atoms with Crippen molar-refractivity contribution in [1.29, 1.82) is 5.26 Å². The number of rotatable bonds is 6. The molecule has 0 bridgehead atoms. The van der Waals surface area contributed by atoms with E-state index in [4.69, 9.17) is 18.6 Å². The highest BCUT2D eigenvalue weighted by atomic mass is 16.7. The van der Waals surface area contributed by atoms with E-state index in [0.29, 0.717) is 17.1 Å². The van der Waals surface area contributed by atoms with Crippen LogP contribution in [0.1, 0.15) is 21.7 Å². The maximum absolute atomic E-state index is 12.4. The van der Waals surface area contributed by atoms with Crippen LogP contribution in [0.5, 0.6) is 17.2 Å². The summed E-state index contributed by atoms with van der Waals surface area (Å²) in [5.41, 5.74) is 1.25. The number of carbonyl (C=O) groups is 2. The van der Waals surface area contributed by atoms with Crippen molar-refractivity contribution in [3.05, 3.63) is 83.3 Å². The Bertz CT molecular complexity index is 1190. The van der Waals surface area contributed by atoms with Crippen molar-refractivity contribution in [2.24, 2.45) is 0 Å². The molecule has 0 radical (unpaired) electrons. The van der Waals surface area contributed by atoms with Crippen molar-refractivity contribution < 1.29 is 28.2 Å². The van der Waals surface area contributed by atoms with Crippen molar-refractivity contribution in [2.45, 2.75) is 6.54 Å². The fraction of sp³-hybridized carbons (Fsp3) is 0.0870. The third-order valence-corrected chi connectivity index (χ3v) is 4.36. The number of hydrogen-bond donors (Lipinski definition) is 1. The molecule has 0 saturated heterocycles. The Morgan fingerprint density at radius 2 is 1.97 bits per heavy atom. The maximum atomic E-state index is 12.4. The molecule has 0 aliphatic carbocycles. The first-order valence-electron chi connectivity index (χ1n) is 9.26. The molecule has 1 aliphatic rings. The molecule has 31 heavy (non-hydrogen) atoms. The zero-order valence-corrected chi connectivity index (χ0v) is 16.2. The molecular formula is C23H16N2O6. The third kappa shape index (κ3) is 4.74. The van der Waals surface area contributed by atoms with Gasteiger partial charge in [0.05, 0.1) is 6.26 Å². The van der Waals surface area contributed by atoms with E-state index in [1.807, 2.05) is 6.07 Å². The Kier molecular flexibility index (Phi) is 5.67. The highest BCUT2D eigenvalue weighted by Crippen LogP contribution is 2.32. The zero-order chi connectivity index (χ0) is 21.6. The van der Waals surface area contributed by atoms with Gasteiger partial charge < -0.3 is 23.9 Å². The van der Waals surface area contributed by atoms with Gasteiger partial charge in [0.15, 0.2) is 11.5 Å². The number of nitriles is 1. The van der Waals surface area contributed by atoms with Gasteiger partial charge >= 0.3 is 5.97 Å². The van der Waals surface area contributed by atoms with Gasteiger partial charge in [-0.1, -0.05) is 18.2 Å². The summed E-state index contributed by atoms with van der Waals surface area (Å²) in [5, 5.41) is 12.1. The van der Waals surface area contributed by atoms with Crippen LogP contribution in [0.2, 0.25) is 0 Å². The molecule has 0 spiro atoms. The van der Waals surface area contributed by atoms with Gasteiger partial charge in [-0.05, 0) is 53.6 Å². The van der Waals surface area contributed by atoms with Crippen LogP contribution in [0.3, 0.4) is 0 Å². The van der Waals surface area contributed by atoms with Gasteiger partial charge in [-0.2, -0.15) is 5.26 Å². The highest BCUT2D eigenvalue weighted by molar-refractivity contribution is 6.01. The Morgan fingerprint density at radius 3 is 2.77 bits per heavy atom. The van der Waals surface area contributed by atoms with Crippen LogP contribution in [0.4, 0.5) is 0 Å².